The summed E-state index contributed by atoms with van der Waals surface area (Å²) in [4.78, 5) is 0. The average Bonchev–Trinajstić information content (AvgIpc) is 2.84. The molecular formula is C7H8ClF2N3. The van der Waals surface area contributed by atoms with Crippen LogP contribution in [0.15, 0.2) is 0 Å². The number of hydrogen-bond donors (Lipinski definition) is 0. The lowest BCUT2D eigenvalue weighted by Crippen LogP contribution is -2.04. The van der Waals surface area contributed by atoms with Gasteiger partial charge in [-0.2, -0.15) is 0 Å². The molecule has 2 rings (SSSR count). The lowest BCUT2D eigenvalue weighted by Gasteiger charge is -2.03. The highest BCUT2D eigenvalue weighted by atomic mass is 35.5. The van der Waals surface area contributed by atoms with Crippen molar-refractivity contribution < 1.29 is 8.78 Å². The van der Waals surface area contributed by atoms with Gasteiger partial charge in [0.15, 0.2) is 0 Å². The Morgan fingerprint density at radius 1 is 1.54 bits per heavy atom. The fourth-order valence-electron chi connectivity index (χ4n) is 1.24. The fourth-order valence-corrected chi connectivity index (χ4v) is 1.43. The largest absolute Gasteiger partial charge is 0.281 e. The highest BCUT2D eigenvalue weighted by Crippen LogP contribution is 2.37. The van der Waals surface area contributed by atoms with Crippen molar-refractivity contribution in [3.8, 4) is 0 Å². The maximum Gasteiger partial charge on any atom is 0.281 e. The van der Waals surface area contributed by atoms with E-state index in [4.69, 9.17) is 11.6 Å². The van der Waals surface area contributed by atoms with Gasteiger partial charge in [0.05, 0.1) is 11.9 Å². The number of halogens is 3. The molecule has 1 saturated carbocycles. The van der Waals surface area contributed by atoms with Crippen LogP contribution in [0.5, 0.6) is 0 Å². The molecule has 1 aliphatic rings. The predicted octanol–water partition coefficient (Wildman–Crippen LogP) is 2.29. The van der Waals surface area contributed by atoms with Crippen LogP contribution in [0.1, 0.15) is 36.7 Å². The average molecular weight is 208 g/mol. The Labute approximate surface area is 78.7 Å². The summed E-state index contributed by atoms with van der Waals surface area (Å²) in [5.74, 6) is -0.00755. The Hall–Kier alpha value is -0.710. The summed E-state index contributed by atoms with van der Waals surface area (Å²) < 4.78 is 26.4. The molecule has 1 heterocycles. The molecule has 0 N–H and O–H groups in total. The molecular weight excluding hydrogens is 200 g/mol. The van der Waals surface area contributed by atoms with Gasteiger partial charge in [0.1, 0.15) is 11.4 Å². The van der Waals surface area contributed by atoms with Crippen LogP contribution in [-0.2, 0) is 5.88 Å². The number of aromatic nitrogens is 3. The maximum atomic E-state index is 12.5. The summed E-state index contributed by atoms with van der Waals surface area (Å²) in [5, 5.41) is 7.29. The number of rotatable bonds is 3. The lowest BCUT2D eigenvalue weighted by atomic mass is 10.3. The van der Waals surface area contributed by atoms with Crippen LogP contribution >= 0.6 is 11.6 Å². The molecule has 0 saturated heterocycles. The van der Waals surface area contributed by atoms with E-state index in [1.807, 2.05) is 0 Å². The Morgan fingerprint density at radius 3 is 2.69 bits per heavy atom. The minimum absolute atomic E-state index is 0.00755. The summed E-state index contributed by atoms with van der Waals surface area (Å²) in [6, 6.07) is 0.119. The molecule has 0 spiro atoms. The van der Waals surface area contributed by atoms with Crippen LogP contribution in [0.2, 0.25) is 0 Å². The van der Waals surface area contributed by atoms with Gasteiger partial charge in [-0.15, -0.1) is 16.7 Å². The van der Waals surface area contributed by atoms with E-state index in [-0.39, 0.29) is 23.3 Å². The molecule has 0 bridgehead atoms. The summed E-state index contributed by atoms with van der Waals surface area (Å²) >= 11 is 5.47. The highest BCUT2D eigenvalue weighted by molar-refractivity contribution is 6.16. The predicted molar refractivity (Wildman–Crippen MR) is 42.8 cm³/mol. The monoisotopic (exact) mass is 207 g/mol. The van der Waals surface area contributed by atoms with Crippen LogP contribution in [0.3, 0.4) is 0 Å². The Kier molecular flexibility index (Phi) is 2.19. The van der Waals surface area contributed by atoms with E-state index in [1.54, 1.807) is 0 Å². The number of alkyl halides is 3. The minimum Gasteiger partial charge on any atom is -0.240 e. The Bertz CT molecular complexity index is 309. The van der Waals surface area contributed by atoms with Crippen LogP contribution in [0.25, 0.3) is 0 Å². The smallest absolute Gasteiger partial charge is 0.240 e. The van der Waals surface area contributed by atoms with Gasteiger partial charge >= 0.3 is 0 Å². The Morgan fingerprint density at radius 2 is 2.23 bits per heavy atom. The zero-order chi connectivity index (χ0) is 9.42. The van der Waals surface area contributed by atoms with Gasteiger partial charge in [0, 0.05) is 0 Å². The molecule has 0 aromatic carbocycles. The molecule has 6 heteroatoms. The molecule has 0 amide bonds. The molecule has 3 nitrogen and oxygen atoms in total. The molecule has 1 fully saturated rings. The first-order valence-corrected chi connectivity index (χ1v) is 4.55. The van der Waals surface area contributed by atoms with Gasteiger partial charge in [0.25, 0.3) is 6.43 Å². The number of nitrogens with zero attached hydrogens (tertiary/aromatic N) is 3. The first-order chi connectivity index (χ1) is 6.24. The summed E-state index contributed by atoms with van der Waals surface area (Å²) in [6.45, 7) is 0. The van der Waals surface area contributed by atoms with Gasteiger partial charge in [-0.25, -0.2) is 13.5 Å². The van der Waals surface area contributed by atoms with E-state index in [2.05, 4.69) is 10.3 Å². The normalized spacial score (nSPS) is 16.9. The molecule has 1 aromatic rings. The van der Waals surface area contributed by atoms with Gasteiger partial charge in [0.2, 0.25) is 0 Å². The Balaban J connectivity index is 2.38. The molecule has 0 unspecified atom stereocenters. The molecule has 0 atom stereocenters. The van der Waals surface area contributed by atoms with Crippen molar-refractivity contribution in [2.75, 3.05) is 0 Å². The van der Waals surface area contributed by atoms with Crippen molar-refractivity contribution in [2.45, 2.75) is 31.2 Å². The standard InChI is InChI=1S/C7H8ClF2N3/c8-3-5-6(7(9)10)13(12-11-5)4-1-2-4/h4,7H,1-3H2. The zero-order valence-electron chi connectivity index (χ0n) is 6.75. The van der Waals surface area contributed by atoms with E-state index in [1.165, 1.54) is 4.68 Å². The van der Waals surface area contributed by atoms with Crippen molar-refractivity contribution in [1.82, 2.24) is 15.0 Å². The van der Waals surface area contributed by atoms with Gasteiger partial charge < -0.3 is 0 Å². The van der Waals surface area contributed by atoms with E-state index >= 15 is 0 Å². The van der Waals surface area contributed by atoms with Crippen LogP contribution in [0, 0.1) is 0 Å². The third-order valence-corrected chi connectivity index (χ3v) is 2.28. The second kappa shape index (κ2) is 3.21. The van der Waals surface area contributed by atoms with Gasteiger partial charge in [-0.05, 0) is 12.8 Å². The second-order valence-electron chi connectivity index (χ2n) is 3.03. The SMILES string of the molecule is FC(F)c1c(CCl)nnn1C1CC1. The van der Waals surface area contributed by atoms with Crippen molar-refractivity contribution in [3.63, 3.8) is 0 Å². The summed E-state index contributed by atoms with van der Waals surface area (Å²) in [7, 11) is 0. The van der Waals surface area contributed by atoms with Gasteiger partial charge in [-0.1, -0.05) is 5.21 Å². The second-order valence-corrected chi connectivity index (χ2v) is 3.30. The first kappa shape index (κ1) is 8.87. The van der Waals surface area contributed by atoms with Crippen LogP contribution < -0.4 is 0 Å². The van der Waals surface area contributed by atoms with E-state index in [0.717, 1.165) is 12.8 Å². The van der Waals surface area contributed by atoms with Crippen LogP contribution in [-0.4, -0.2) is 15.0 Å². The quantitative estimate of drug-likeness (QED) is 0.712. The molecule has 72 valence electrons. The maximum absolute atomic E-state index is 12.5. The van der Waals surface area contributed by atoms with E-state index in [0.29, 0.717) is 0 Å². The van der Waals surface area contributed by atoms with Crippen molar-refractivity contribution in [2.24, 2.45) is 0 Å². The molecule has 0 aliphatic heterocycles. The summed E-state index contributed by atoms with van der Waals surface area (Å²) in [5.41, 5.74) is 0.0843. The number of hydrogen-bond acceptors (Lipinski definition) is 2. The van der Waals surface area contributed by atoms with Crippen molar-refractivity contribution >= 4 is 11.6 Å². The fraction of sp³-hybridized carbons (Fsp3) is 0.714. The molecule has 13 heavy (non-hydrogen) atoms. The molecule has 1 aliphatic carbocycles. The lowest BCUT2D eigenvalue weighted by molar-refractivity contribution is 0.138. The summed E-state index contributed by atoms with van der Waals surface area (Å²) in [6.07, 6.45) is -0.723. The minimum atomic E-state index is -2.54. The zero-order valence-corrected chi connectivity index (χ0v) is 7.51. The van der Waals surface area contributed by atoms with Crippen molar-refractivity contribution in [1.29, 1.82) is 0 Å². The topological polar surface area (TPSA) is 30.7 Å². The van der Waals surface area contributed by atoms with E-state index < -0.39 is 6.43 Å². The van der Waals surface area contributed by atoms with Crippen LogP contribution in [0.4, 0.5) is 8.78 Å². The molecule has 1 aromatic heterocycles. The molecule has 0 radical (unpaired) electrons. The third kappa shape index (κ3) is 1.52. The third-order valence-electron chi connectivity index (χ3n) is 2.03. The first-order valence-electron chi connectivity index (χ1n) is 4.02. The van der Waals surface area contributed by atoms with E-state index in [9.17, 15) is 8.78 Å². The van der Waals surface area contributed by atoms with Gasteiger partial charge in [-0.3, -0.25) is 0 Å². The highest BCUT2D eigenvalue weighted by Gasteiger charge is 2.31. The van der Waals surface area contributed by atoms with Crippen molar-refractivity contribution in [3.05, 3.63) is 11.4 Å².